The third-order valence-electron chi connectivity index (χ3n) is 3.01. The second-order valence-electron chi connectivity index (χ2n) is 4.82. The lowest BCUT2D eigenvalue weighted by atomic mass is 10.1. The van der Waals surface area contributed by atoms with Gasteiger partial charge >= 0.3 is 0 Å². The van der Waals surface area contributed by atoms with Crippen LogP contribution in [-0.2, 0) is 0 Å². The normalized spacial score (nSPS) is 11.7. The van der Waals surface area contributed by atoms with Gasteiger partial charge in [0, 0.05) is 26.3 Å². The topological polar surface area (TPSA) is 15.3 Å². The lowest BCUT2D eigenvalue weighted by Crippen LogP contribution is -2.17. The van der Waals surface area contributed by atoms with Crippen LogP contribution >= 0.6 is 0 Å². The summed E-state index contributed by atoms with van der Waals surface area (Å²) in [4.78, 5) is 2.12. The van der Waals surface area contributed by atoms with Gasteiger partial charge in [0.25, 0.3) is 0 Å². The Balaban J connectivity index is 2.66. The summed E-state index contributed by atoms with van der Waals surface area (Å²) in [5.41, 5.74) is 3.99. The van der Waals surface area contributed by atoms with Crippen molar-refractivity contribution in [2.45, 2.75) is 26.7 Å². The highest BCUT2D eigenvalue weighted by molar-refractivity contribution is 5.57. The lowest BCUT2D eigenvalue weighted by molar-refractivity contribution is 0.706. The van der Waals surface area contributed by atoms with Crippen LogP contribution in [0.4, 0.5) is 5.69 Å². The minimum atomic E-state index is 1.000. The van der Waals surface area contributed by atoms with Crippen LogP contribution in [0.25, 0.3) is 6.08 Å². The van der Waals surface area contributed by atoms with E-state index in [9.17, 15) is 0 Å². The predicted octanol–water partition coefficient (Wildman–Crippen LogP) is 3.55. The minimum absolute atomic E-state index is 1.000. The molecule has 0 aliphatic heterocycles. The molecule has 0 aromatic heterocycles. The number of nitrogens with zero attached hydrogens (tertiary/aromatic N) is 1. The van der Waals surface area contributed by atoms with Crippen molar-refractivity contribution < 1.29 is 0 Å². The van der Waals surface area contributed by atoms with E-state index in [-0.39, 0.29) is 0 Å². The van der Waals surface area contributed by atoms with E-state index < -0.39 is 0 Å². The van der Waals surface area contributed by atoms with Crippen LogP contribution in [0.5, 0.6) is 0 Å². The van der Waals surface area contributed by atoms with E-state index in [0.717, 1.165) is 19.5 Å². The van der Waals surface area contributed by atoms with Gasteiger partial charge in [-0.3, -0.25) is 0 Å². The Kier molecular flexibility index (Phi) is 6.51. The summed E-state index contributed by atoms with van der Waals surface area (Å²) >= 11 is 0. The Labute approximate surface area is 112 Å². The Morgan fingerprint density at radius 2 is 1.83 bits per heavy atom. The summed E-state index contributed by atoms with van der Waals surface area (Å²) in [7, 11) is 4.13. The quantitative estimate of drug-likeness (QED) is 0.740. The first-order chi connectivity index (χ1) is 8.67. The van der Waals surface area contributed by atoms with Gasteiger partial charge in [0.15, 0.2) is 0 Å². The number of hydrogen-bond donors (Lipinski definition) is 1. The molecule has 100 valence electrons. The number of benzene rings is 1. The van der Waals surface area contributed by atoms with Gasteiger partial charge in [-0.15, -0.1) is 0 Å². The Hall–Kier alpha value is -1.28. The summed E-state index contributed by atoms with van der Waals surface area (Å²) < 4.78 is 0. The van der Waals surface area contributed by atoms with Crippen LogP contribution in [0.3, 0.4) is 0 Å². The molecule has 2 heteroatoms. The van der Waals surface area contributed by atoms with E-state index in [0.29, 0.717) is 0 Å². The molecule has 0 unspecified atom stereocenters. The molecule has 0 radical (unpaired) electrons. The summed E-state index contributed by atoms with van der Waals surface area (Å²) in [6.45, 7) is 6.51. The van der Waals surface area contributed by atoms with Crippen molar-refractivity contribution in [3.05, 3.63) is 35.4 Å². The van der Waals surface area contributed by atoms with Gasteiger partial charge in [-0.1, -0.05) is 37.6 Å². The van der Waals surface area contributed by atoms with Crippen molar-refractivity contribution in [1.82, 2.24) is 5.32 Å². The fourth-order valence-electron chi connectivity index (χ4n) is 1.81. The molecule has 1 aromatic rings. The lowest BCUT2D eigenvalue weighted by Gasteiger charge is -2.12. The Bertz CT molecular complexity index is 363. The number of rotatable bonds is 7. The van der Waals surface area contributed by atoms with Crippen molar-refractivity contribution in [1.29, 1.82) is 0 Å². The van der Waals surface area contributed by atoms with Crippen molar-refractivity contribution in [3.63, 3.8) is 0 Å². The molecule has 1 rings (SSSR count). The molecule has 0 bridgehead atoms. The largest absolute Gasteiger partial charge is 0.378 e. The molecule has 1 aromatic carbocycles. The van der Waals surface area contributed by atoms with Crippen LogP contribution in [0, 0.1) is 0 Å². The van der Waals surface area contributed by atoms with E-state index >= 15 is 0 Å². The summed E-state index contributed by atoms with van der Waals surface area (Å²) in [6, 6.07) is 8.70. The standard InChI is InChI=1S/C16H26N2/c1-5-11-17-13-14(6-2)12-15-7-9-16(10-8-15)18(3)4/h7-10,12,17H,5-6,11,13H2,1-4H3. The zero-order valence-corrected chi connectivity index (χ0v) is 12.2. The van der Waals surface area contributed by atoms with Crippen LogP contribution in [0.15, 0.2) is 29.8 Å². The smallest absolute Gasteiger partial charge is 0.0361 e. The first-order valence-corrected chi connectivity index (χ1v) is 6.85. The van der Waals surface area contributed by atoms with Crippen LogP contribution in [0.1, 0.15) is 32.3 Å². The maximum Gasteiger partial charge on any atom is 0.0361 e. The molecule has 0 amide bonds. The number of hydrogen-bond acceptors (Lipinski definition) is 2. The monoisotopic (exact) mass is 246 g/mol. The molecule has 18 heavy (non-hydrogen) atoms. The molecule has 0 fully saturated rings. The van der Waals surface area contributed by atoms with E-state index in [1.165, 1.54) is 23.2 Å². The zero-order chi connectivity index (χ0) is 13.4. The second kappa shape index (κ2) is 7.93. The summed E-state index contributed by atoms with van der Waals surface area (Å²) in [6.07, 6.45) is 4.59. The molecule has 0 heterocycles. The molecule has 0 saturated carbocycles. The fourth-order valence-corrected chi connectivity index (χ4v) is 1.81. The van der Waals surface area contributed by atoms with Gasteiger partial charge in [0.05, 0.1) is 0 Å². The third kappa shape index (κ3) is 4.92. The van der Waals surface area contributed by atoms with Gasteiger partial charge < -0.3 is 10.2 Å². The van der Waals surface area contributed by atoms with Crippen LogP contribution < -0.4 is 10.2 Å². The Morgan fingerprint density at radius 1 is 1.17 bits per heavy atom. The van der Waals surface area contributed by atoms with Gasteiger partial charge in [-0.2, -0.15) is 0 Å². The van der Waals surface area contributed by atoms with Gasteiger partial charge in [0.1, 0.15) is 0 Å². The highest BCUT2D eigenvalue weighted by Gasteiger charge is 1.97. The highest BCUT2D eigenvalue weighted by atomic mass is 15.1. The third-order valence-corrected chi connectivity index (χ3v) is 3.01. The van der Waals surface area contributed by atoms with Gasteiger partial charge in [-0.25, -0.2) is 0 Å². The highest BCUT2D eigenvalue weighted by Crippen LogP contribution is 2.15. The van der Waals surface area contributed by atoms with E-state index in [1.807, 2.05) is 0 Å². The van der Waals surface area contributed by atoms with Crippen molar-refractivity contribution in [3.8, 4) is 0 Å². The molecule has 0 aliphatic carbocycles. The maximum absolute atomic E-state index is 3.46. The van der Waals surface area contributed by atoms with Crippen LogP contribution in [0.2, 0.25) is 0 Å². The average Bonchev–Trinajstić information content (AvgIpc) is 2.38. The minimum Gasteiger partial charge on any atom is -0.378 e. The van der Waals surface area contributed by atoms with E-state index in [2.05, 4.69) is 68.5 Å². The number of nitrogens with one attached hydrogen (secondary N) is 1. The van der Waals surface area contributed by atoms with E-state index in [1.54, 1.807) is 0 Å². The SMILES string of the molecule is CCCNCC(=Cc1ccc(N(C)C)cc1)CC. The fraction of sp³-hybridized carbons (Fsp3) is 0.500. The van der Waals surface area contributed by atoms with Crippen molar-refractivity contribution >= 4 is 11.8 Å². The molecule has 0 saturated heterocycles. The zero-order valence-electron chi connectivity index (χ0n) is 12.2. The van der Waals surface area contributed by atoms with Gasteiger partial charge in [-0.05, 0) is 37.1 Å². The van der Waals surface area contributed by atoms with Crippen LogP contribution in [-0.4, -0.2) is 27.2 Å². The van der Waals surface area contributed by atoms with Crippen molar-refractivity contribution in [2.24, 2.45) is 0 Å². The summed E-state index contributed by atoms with van der Waals surface area (Å²) in [5.74, 6) is 0. The Morgan fingerprint density at radius 3 is 2.33 bits per heavy atom. The summed E-state index contributed by atoms with van der Waals surface area (Å²) in [5, 5.41) is 3.46. The molecule has 0 spiro atoms. The van der Waals surface area contributed by atoms with Gasteiger partial charge in [0.2, 0.25) is 0 Å². The first kappa shape index (κ1) is 14.8. The molecule has 1 N–H and O–H groups in total. The first-order valence-electron chi connectivity index (χ1n) is 6.85. The molecular formula is C16H26N2. The molecule has 0 aliphatic rings. The maximum atomic E-state index is 3.46. The molecule has 2 nitrogen and oxygen atoms in total. The number of anilines is 1. The molecular weight excluding hydrogens is 220 g/mol. The van der Waals surface area contributed by atoms with E-state index in [4.69, 9.17) is 0 Å². The van der Waals surface area contributed by atoms with Crippen molar-refractivity contribution in [2.75, 3.05) is 32.1 Å². The predicted molar refractivity (Wildman–Crippen MR) is 82.2 cm³/mol. The second-order valence-corrected chi connectivity index (χ2v) is 4.82. The molecule has 0 atom stereocenters. The average molecular weight is 246 g/mol.